The Morgan fingerprint density at radius 3 is 2.87 bits per heavy atom. The molecule has 0 saturated carbocycles. The third-order valence-corrected chi connectivity index (χ3v) is 5.96. The molecular weight excluding hydrogens is 438 g/mol. The summed E-state index contributed by atoms with van der Waals surface area (Å²) in [6.45, 7) is 2.59. The summed E-state index contributed by atoms with van der Waals surface area (Å²) in [4.78, 5) is 28.3. The van der Waals surface area contributed by atoms with Crippen LogP contribution in [0.3, 0.4) is 0 Å². The quantitative estimate of drug-likeness (QED) is 0.430. The van der Waals surface area contributed by atoms with E-state index in [2.05, 4.69) is 10.2 Å². The highest BCUT2D eigenvalue weighted by Crippen LogP contribution is 2.42. The fraction of sp³-hybridized carbons (Fsp3) is 0.182. The van der Waals surface area contributed by atoms with Crippen molar-refractivity contribution in [3.63, 3.8) is 0 Å². The molecule has 7 nitrogen and oxygen atoms in total. The Balaban J connectivity index is 1.75. The van der Waals surface area contributed by atoms with Crippen LogP contribution in [-0.4, -0.2) is 22.7 Å². The number of carbonyl (C=O) groups is 1. The maximum atomic E-state index is 13.5. The molecule has 0 aliphatic carbocycles. The molecule has 0 N–H and O–H groups in total. The smallest absolute Gasteiger partial charge is 0.297 e. The van der Waals surface area contributed by atoms with E-state index in [1.807, 2.05) is 31.2 Å². The first kappa shape index (κ1) is 19.7. The zero-order valence-electron chi connectivity index (χ0n) is 16.4. The largest absolute Gasteiger partial charge is 0.494 e. The van der Waals surface area contributed by atoms with Gasteiger partial charge in [0.05, 0.1) is 23.6 Å². The minimum Gasteiger partial charge on any atom is -0.494 e. The Bertz CT molecular complexity index is 1350. The molecule has 3 heterocycles. The van der Waals surface area contributed by atoms with Gasteiger partial charge in [0.25, 0.3) is 5.91 Å². The normalized spacial score (nSPS) is 15.5. The lowest BCUT2D eigenvalue weighted by Gasteiger charge is -2.22. The van der Waals surface area contributed by atoms with E-state index in [9.17, 15) is 9.59 Å². The number of hydrogen-bond acceptors (Lipinski definition) is 7. The molecule has 1 atom stereocenters. The van der Waals surface area contributed by atoms with Gasteiger partial charge in [-0.15, -0.1) is 10.2 Å². The minimum absolute atomic E-state index is 0.0000907. The molecular formula is C22H16ClN3O4S. The second-order valence-corrected chi connectivity index (χ2v) is 8.28. The lowest BCUT2D eigenvalue weighted by Crippen LogP contribution is -2.29. The fourth-order valence-corrected chi connectivity index (χ4v) is 4.48. The van der Waals surface area contributed by atoms with Crippen LogP contribution in [-0.2, 0) is 0 Å². The van der Waals surface area contributed by atoms with Crippen LogP contribution in [0.2, 0.25) is 5.02 Å². The van der Waals surface area contributed by atoms with Crippen molar-refractivity contribution in [2.45, 2.75) is 19.4 Å². The zero-order chi connectivity index (χ0) is 21.5. The van der Waals surface area contributed by atoms with Gasteiger partial charge in [0.1, 0.15) is 16.8 Å². The van der Waals surface area contributed by atoms with Crippen LogP contribution in [0.25, 0.3) is 11.0 Å². The molecule has 5 rings (SSSR count). The predicted octanol–water partition coefficient (Wildman–Crippen LogP) is 4.84. The maximum Gasteiger partial charge on any atom is 0.297 e. The average molecular weight is 454 g/mol. The number of anilines is 1. The van der Waals surface area contributed by atoms with Gasteiger partial charge in [0, 0.05) is 5.02 Å². The summed E-state index contributed by atoms with van der Waals surface area (Å²) >= 11 is 7.32. The van der Waals surface area contributed by atoms with Gasteiger partial charge in [-0.2, -0.15) is 0 Å². The van der Waals surface area contributed by atoms with E-state index in [1.54, 1.807) is 18.2 Å². The van der Waals surface area contributed by atoms with E-state index >= 15 is 0 Å². The van der Waals surface area contributed by atoms with Crippen molar-refractivity contribution in [2.75, 3.05) is 11.5 Å². The monoisotopic (exact) mass is 453 g/mol. The van der Waals surface area contributed by atoms with Gasteiger partial charge >= 0.3 is 0 Å². The van der Waals surface area contributed by atoms with Crippen LogP contribution in [0.1, 0.15) is 41.1 Å². The average Bonchev–Trinajstić information content (AvgIpc) is 3.40. The minimum atomic E-state index is -0.722. The standard InChI is InChI=1S/C22H16ClN3O4S/c1-2-8-29-14-5-3-4-12(9-14)18-17-19(27)15-10-13(23)6-7-16(15)30-20(17)21(28)26(18)22-25-24-11-31-22/h3-7,9-11,18H,2,8H2,1H3/t18-/m0/s1. The van der Waals surface area contributed by atoms with Crippen molar-refractivity contribution >= 4 is 44.9 Å². The van der Waals surface area contributed by atoms with Crippen LogP contribution < -0.4 is 15.1 Å². The summed E-state index contributed by atoms with van der Waals surface area (Å²) in [5.74, 6) is 0.219. The molecule has 0 fully saturated rings. The van der Waals surface area contributed by atoms with Crippen molar-refractivity contribution in [1.29, 1.82) is 0 Å². The molecule has 2 aromatic carbocycles. The molecule has 0 saturated heterocycles. The van der Waals surface area contributed by atoms with Crippen molar-refractivity contribution in [3.05, 3.63) is 80.1 Å². The Labute approximate surface area is 185 Å². The number of nitrogens with zero attached hydrogens (tertiary/aromatic N) is 3. The number of carbonyl (C=O) groups excluding carboxylic acids is 1. The highest BCUT2D eigenvalue weighted by Gasteiger charge is 2.45. The maximum absolute atomic E-state index is 13.5. The SMILES string of the molecule is CCCOc1cccc([C@H]2c3c(oc4ccc(Cl)cc4c3=O)C(=O)N2c2nncs2)c1. The second kappa shape index (κ2) is 7.79. The first-order chi connectivity index (χ1) is 15.1. The summed E-state index contributed by atoms with van der Waals surface area (Å²) in [7, 11) is 0. The summed E-state index contributed by atoms with van der Waals surface area (Å²) < 4.78 is 11.7. The number of fused-ring (bicyclic) bond motifs is 2. The first-order valence-electron chi connectivity index (χ1n) is 9.67. The molecule has 9 heteroatoms. The van der Waals surface area contributed by atoms with E-state index in [-0.39, 0.29) is 16.8 Å². The van der Waals surface area contributed by atoms with Gasteiger partial charge in [-0.05, 0) is 42.3 Å². The number of halogens is 1. The summed E-state index contributed by atoms with van der Waals surface area (Å²) in [5, 5.41) is 9.05. The Morgan fingerprint density at radius 1 is 1.23 bits per heavy atom. The van der Waals surface area contributed by atoms with Gasteiger partial charge in [-0.1, -0.05) is 42.0 Å². The van der Waals surface area contributed by atoms with Crippen molar-refractivity contribution in [1.82, 2.24) is 10.2 Å². The molecule has 0 unspecified atom stereocenters. The molecule has 31 heavy (non-hydrogen) atoms. The molecule has 0 radical (unpaired) electrons. The number of hydrogen-bond donors (Lipinski definition) is 0. The van der Waals surface area contributed by atoms with E-state index in [0.29, 0.717) is 39.0 Å². The number of ether oxygens (including phenoxy) is 1. The van der Waals surface area contributed by atoms with E-state index in [0.717, 1.165) is 6.42 Å². The van der Waals surface area contributed by atoms with E-state index in [4.69, 9.17) is 20.8 Å². The Kier molecular flexibility index (Phi) is 4.95. The van der Waals surface area contributed by atoms with Gasteiger partial charge in [0.2, 0.25) is 10.9 Å². The van der Waals surface area contributed by atoms with E-state index in [1.165, 1.54) is 21.7 Å². The topological polar surface area (TPSA) is 85.5 Å². The summed E-state index contributed by atoms with van der Waals surface area (Å²) in [6.07, 6.45) is 0.863. The highest BCUT2D eigenvalue weighted by molar-refractivity contribution is 7.13. The molecule has 1 amide bonds. The second-order valence-electron chi connectivity index (χ2n) is 7.03. The Morgan fingerprint density at radius 2 is 2.10 bits per heavy atom. The third kappa shape index (κ3) is 3.28. The molecule has 1 aliphatic heterocycles. The summed E-state index contributed by atoms with van der Waals surface area (Å²) in [6, 6.07) is 11.4. The van der Waals surface area contributed by atoms with Crippen LogP contribution in [0.5, 0.6) is 5.75 Å². The molecule has 1 aliphatic rings. The number of amides is 1. The fourth-order valence-electron chi connectivity index (χ4n) is 3.72. The van der Waals surface area contributed by atoms with Crippen molar-refractivity contribution in [2.24, 2.45) is 0 Å². The lowest BCUT2D eigenvalue weighted by atomic mass is 9.98. The van der Waals surface area contributed by atoms with Crippen molar-refractivity contribution in [3.8, 4) is 5.75 Å². The van der Waals surface area contributed by atoms with Gasteiger partial charge in [0.15, 0.2) is 5.43 Å². The molecule has 0 bridgehead atoms. The number of benzene rings is 2. The molecule has 0 spiro atoms. The lowest BCUT2D eigenvalue weighted by molar-refractivity contribution is 0.0970. The predicted molar refractivity (Wildman–Crippen MR) is 118 cm³/mol. The highest BCUT2D eigenvalue weighted by atomic mass is 35.5. The van der Waals surface area contributed by atoms with Crippen molar-refractivity contribution < 1.29 is 13.9 Å². The number of rotatable bonds is 5. The van der Waals surface area contributed by atoms with Gasteiger partial charge < -0.3 is 9.15 Å². The van der Waals surface area contributed by atoms with E-state index < -0.39 is 11.9 Å². The number of aromatic nitrogens is 2. The molecule has 156 valence electrons. The van der Waals surface area contributed by atoms with Crippen LogP contribution >= 0.6 is 22.9 Å². The van der Waals surface area contributed by atoms with Crippen LogP contribution in [0.15, 0.2) is 57.2 Å². The zero-order valence-corrected chi connectivity index (χ0v) is 17.9. The first-order valence-corrected chi connectivity index (χ1v) is 10.9. The van der Waals surface area contributed by atoms with Crippen LogP contribution in [0.4, 0.5) is 5.13 Å². The van der Waals surface area contributed by atoms with Crippen LogP contribution in [0, 0.1) is 0 Å². The molecule has 2 aromatic heterocycles. The third-order valence-electron chi connectivity index (χ3n) is 5.03. The van der Waals surface area contributed by atoms with Gasteiger partial charge in [-0.3, -0.25) is 14.5 Å². The molecule has 4 aromatic rings. The summed E-state index contributed by atoms with van der Waals surface area (Å²) in [5.41, 5.74) is 2.50. The Hall–Kier alpha value is -3.23. The van der Waals surface area contributed by atoms with Gasteiger partial charge in [-0.25, -0.2) is 0 Å².